The molecule has 8 heteroatoms. The maximum absolute atomic E-state index is 12.4. The van der Waals surface area contributed by atoms with Crippen LogP contribution in [0.3, 0.4) is 0 Å². The van der Waals surface area contributed by atoms with Gasteiger partial charge in [-0.1, -0.05) is 23.7 Å². The molecule has 1 amide bonds. The van der Waals surface area contributed by atoms with Crippen LogP contribution in [0, 0.1) is 0 Å². The zero-order valence-electron chi connectivity index (χ0n) is 18.6. The van der Waals surface area contributed by atoms with E-state index in [2.05, 4.69) is 10.5 Å². The van der Waals surface area contributed by atoms with E-state index in [0.29, 0.717) is 46.8 Å². The van der Waals surface area contributed by atoms with Crippen LogP contribution in [0.25, 0.3) is 0 Å². The van der Waals surface area contributed by atoms with Crippen LogP contribution in [0.4, 0.5) is 0 Å². The van der Waals surface area contributed by atoms with Gasteiger partial charge in [-0.2, -0.15) is 5.10 Å². The largest absolute Gasteiger partial charge is 0.493 e. The van der Waals surface area contributed by atoms with Crippen LogP contribution in [0.5, 0.6) is 23.0 Å². The molecule has 0 saturated heterocycles. The van der Waals surface area contributed by atoms with Crippen molar-refractivity contribution in [3.05, 3.63) is 82.4 Å². The van der Waals surface area contributed by atoms with Gasteiger partial charge < -0.3 is 18.9 Å². The first kappa shape index (κ1) is 23.9. The highest BCUT2D eigenvalue weighted by atomic mass is 35.5. The number of carbonyl (C=O) groups is 1. The predicted octanol–water partition coefficient (Wildman–Crippen LogP) is 5.10. The first-order chi connectivity index (χ1) is 16.0. The van der Waals surface area contributed by atoms with Crippen LogP contribution >= 0.6 is 11.6 Å². The molecule has 7 nitrogen and oxygen atoms in total. The summed E-state index contributed by atoms with van der Waals surface area (Å²) in [5, 5.41) is 4.69. The molecule has 0 bridgehead atoms. The van der Waals surface area contributed by atoms with E-state index in [1.54, 1.807) is 37.4 Å². The molecule has 0 atom stereocenters. The molecule has 0 spiro atoms. The van der Waals surface area contributed by atoms with E-state index in [9.17, 15) is 4.79 Å². The number of nitrogens with zero attached hydrogens (tertiary/aromatic N) is 1. The topological polar surface area (TPSA) is 78.4 Å². The van der Waals surface area contributed by atoms with Crippen molar-refractivity contribution in [2.45, 2.75) is 13.5 Å². The molecule has 3 aromatic rings. The van der Waals surface area contributed by atoms with Gasteiger partial charge in [0.05, 0.1) is 27.0 Å². The Hall–Kier alpha value is -3.71. The van der Waals surface area contributed by atoms with Gasteiger partial charge in [0.2, 0.25) is 0 Å². The normalized spacial score (nSPS) is 10.7. The highest BCUT2D eigenvalue weighted by Crippen LogP contribution is 2.29. The summed E-state index contributed by atoms with van der Waals surface area (Å²) in [4.78, 5) is 12.4. The van der Waals surface area contributed by atoms with E-state index in [-0.39, 0.29) is 5.91 Å². The molecule has 0 radical (unpaired) electrons. The minimum absolute atomic E-state index is 0.353. The van der Waals surface area contributed by atoms with Gasteiger partial charge in [-0.25, -0.2) is 5.43 Å². The third-order valence-electron chi connectivity index (χ3n) is 4.58. The predicted molar refractivity (Wildman–Crippen MR) is 128 cm³/mol. The number of benzene rings is 3. The van der Waals surface area contributed by atoms with E-state index < -0.39 is 0 Å². The molecule has 0 heterocycles. The van der Waals surface area contributed by atoms with Crippen molar-refractivity contribution in [1.29, 1.82) is 0 Å². The van der Waals surface area contributed by atoms with Gasteiger partial charge in [-0.3, -0.25) is 4.79 Å². The summed E-state index contributed by atoms with van der Waals surface area (Å²) in [6, 6.07) is 17.8. The second kappa shape index (κ2) is 11.8. The van der Waals surface area contributed by atoms with Gasteiger partial charge in [0.25, 0.3) is 5.91 Å². The molecule has 0 aromatic heterocycles. The average molecular weight is 469 g/mol. The first-order valence-electron chi connectivity index (χ1n) is 10.2. The Morgan fingerprint density at radius 2 is 1.67 bits per heavy atom. The molecule has 0 saturated carbocycles. The fourth-order valence-electron chi connectivity index (χ4n) is 2.99. The zero-order chi connectivity index (χ0) is 23.6. The molecule has 0 unspecified atom stereocenters. The van der Waals surface area contributed by atoms with E-state index in [1.807, 2.05) is 37.3 Å². The first-order valence-corrected chi connectivity index (χ1v) is 10.6. The lowest BCUT2D eigenvalue weighted by Gasteiger charge is -2.11. The Kier molecular flexibility index (Phi) is 8.55. The number of hydrazone groups is 1. The number of halogens is 1. The Morgan fingerprint density at radius 3 is 2.39 bits per heavy atom. The number of ether oxygens (including phenoxy) is 4. The molecule has 33 heavy (non-hydrogen) atoms. The van der Waals surface area contributed by atoms with E-state index in [4.69, 9.17) is 30.5 Å². The molecule has 172 valence electrons. The quantitative estimate of drug-likeness (QED) is 0.331. The lowest BCUT2D eigenvalue weighted by molar-refractivity contribution is 0.0954. The van der Waals surface area contributed by atoms with Crippen molar-refractivity contribution in [1.82, 2.24) is 5.43 Å². The minimum Gasteiger partial charge on any atom is -0.493 e. The standard InChI is InChI=1S/C25H25ClN2O5/c1-4-32-21-11-9-19(14-24(21)31-3)25(29)28-27-15-17-8-10-22(23(13-17)30-2)33-16-18-6-5-7-20(26)12-18/h5-15H,4,16H2,1-3H3,(H,28,29)/b27-15+. The molecule has 0 aliphatic carbocycles. The Bertz CT molecular complexity index is 1130. The number of hydrogen-bond donors (Lipinski definition) is 1. The summed E-state index contributed by atoms with van der Waals surface area (Å²) in [6.07, 6.45) is 1.52. The Labute approximate surface area is 197 Å². The summed E-state index contributed by atoms with van der Waals surface area (Å²) in [5.74, 6) is 1.81. The van der Waals surface area contributed by atoms with Gasteiger partial charge in [0.1, 0.15) is 6.61 Å². The maximum atomic E-state index is 12.4. The van der Waals surface area contributed by atoms with Crippen molar-refractivity contribution < 1.29 is 23.7 Å². The molecule has 0 aliphatic rings. The number of hydrogen-bond acceptors (Lipinski definition) is 6. The lowest BCUT2D eigenvalue weighted by Crippen LogP contribution is -2.17. The van der Waals surface area contributed by atoms with Crippen LogP contribution in [-0.2, 0) is 6.61 Å². The number of carbonyl (C=O) groups excluding carboxylic acids is 1. The summed E-state index contributed by atoms with van der Waals surface area (Å²) < 4.78 is 22.0. The highest BCUT2D eigenvalue weighted by molar-refractivity contribution is 6.30. The Balaban J connectivity index is 1.63. The maximum Gasteiger partial charge on any atom is 0.271 e. The number of methoxy groups -OCH3 is 2. The van der Waals surface area contributed by atoms with E-state index >= 15 is 0 Å². The van der Waals surface area contributed by atoms with Crippen LogP contribution in [0.1, 0.15) is 28.4 Å². The van der Waals surface area contributed by atoms with Crippen LogP contribution in [-0.4, -0.2) is 32.9 Å². The fraction of sp³-hybridized carbons (Fsp3) is 0.200. The Morgan fingerprint density at radius 1 is 0.939 bits per heavy atom. The monoisotopic (exact) mass is 468 g/mol. The third-order valence-corrected chi connectivity index (χ3v) is 4.81. The molecular weight excluding hydrogens is 444 g/mol. The number of rotatable bonds is 10. The van der Waals surface area contributed by atoms with Crippen molar-refractivity contribution in [2.75, 3.05) is 20.8 Å². The highest BCUT2D eigenvalue weighted by Gasteiger charge is 2.11. The second-order valence-electron chi connectivity index (χ2n) is 6.83. The summed E-state index contributed by atoms with van der Waals surface area (Å²) >= 11 is 6.01. The van der Waals surface area contributed by atoms with Gasteiger partial charge in [-0.05, 0) is 66.6 Å². The lowest BCUT2D eigenvalue weighted by atomic mass is 10.2. The zero-order valence-corrected chi connectivity index (χ0v) is 19.4. The van der Waals surface area contributed by atoms with E-state index in [1.165, 1.54) is 13.3 Å². The van der Waals surface area contributed by atoms with Crippen LogP contribution in [0.15, 0.2) is 65.8 Å². The minimum atomic E-state index is -0.374. The second-order valence-corrected chi connectivity index (χ2v) is 7.26. The van der Waals surface area contributed by atoms with Crippen molar-refractivity contribution in [2.24, 2.45) is 5.10 Å². The summed E-state index contributed by atoms with van der Waals surface area (Å²) in [6.45, 7) is 2.73. The van der Waals surface area contributed by atoms with Crippen LogP contribution in [0.2, 0.25) is 5.02 Å². The van der Waals surface area contributed by atoms with Crippen molar-refractivity contribution in [3.63, 3.8) is 0 Å². The van der Waals surface area contributed by atoms with Crippen molar-refractivity contribution >= 4 is 23.7 Å². The number of amides is 1. The molecule has 3 rings (SSSR count). The van der Waals surface area contributed by atoms with E-state index in [0.717, 1.165) is 11.1 Å². The van der Waals surface area contributed by atoms with Gasteiger partial charge >= 0.3 is 0 Å². The molecule has 3 aromatic carbocycles. The molecule has 1 N–H and O–H groups in total. The summed E-state index contributed by atoms with van der Waals surface area (Å²) in [5.41, 5.74) is 4.58. The van der Waals surface area contributed by atoms with Crippen LogP contribution < -0.4 is 24.4 Å². The molecule has 0 fully saturated rings. The van der Waals surface area contributed by atoms with Gasteiger partial charge in [-0.15, -0.1) is 0 Å². The smallest absolute Gasteiger partial charge is 0.271 e. The van der Waals surface area contributed by atoms with Gasteiger partial charge in [0, 0.05) is 10.6 Å². The SMILES string of the molecule is CCOc1ccc(C(=O)N/N=C/c2ccc(OCc3cccc(Cl)c3)c(OC)c2)cc1OC. The molecular formula is C25H25ClN2O5. The fourth-order valence-corrected chi connectivity index (χ4v) is 3.20. The average Bonchev–Trinajstić information content (AvgIpc) is 2.83. The molecule has 0 aliphatic heterocycles. The summed E-state index contributed by atoms with van der Waals surface area (Å²) in [7, 11) is 3.08. The van der Waals surface area contributed by atoms with Crippen molar-refractivity contribution in [3.8, 4) is 23.0 Å². The number of nitrogens with one attached hydrogen (secondary N) is 1. The third kappa shape index (κ3) is 6.63. The van der Waals surface area contributed by atoms with Gasteiger partial charge in [0.15, 0.2) is 23.0 Å².